The minimum absolute atomic E-state index is 0.247. The Morgan fingerprint density at radius 1 is 1.19 bits per heavy atom. The number of thiazole rings is 1. The van der Waals surface area contributed by atoms with Gasteiger partial charge in [-0.05, 0) is 17.4 Å². The zero-order chi connectivity index (χ0) is 25.4. The Morgan fingerprint density at radius 2 is 2.05 bits per heavy atom. The van der Waals surface area contributed by atoms with Gasteiger partial charge in [0.15, 0.2) is 5.76 Å². The first-order valence-electron chi connectivity index (χ1n) is 11.5. The first-order chi connectivity index (χ1) is 18.1. The van der Waals surface area contributed by atoms with Crippen LogP contribution < -0.4 is 19.5 Å². The van der Waals surface area contributed by atoms with Gasteiger partial charge >= 0.3 is 0 Å². The van der Waals surface area contributed by atoms with E-state index in [1.165, 1.54) is 22.7 Å². The number of aromatic nitrogens is 4. The van der Waals surface area contributed by atoms with Gasteiger partial charge < -0.3 is 28.7 Å². The Labute approximate surface area is 218 Å². The monoisotopic (exact) mass is 541 g/mol. The first-order valence-corrected chi connectivity index (χ1v) is 13.2. The topological polar surface area (TPSA) is 122 Å². The number of imidazole rings is 1. The van der Waals surface area contributed by atoms with Crippen molar-refractivity contribution in [2.75, 3.05) is 27.4 Å². The average molecular weight is 542 g/mol. The molecule has 1 aliphatic heterocycles. The molecule has 0 radical (unpaired) electrons. The van der Waals surface area contributed by atoms with E-state index < -0.39 is 5.54 Å². The molecule has 1 N–H and O–H groups in total. The van der Waals surface area contributed by atoms with Gasteiger partial charge in [-0.15, -0.1) is 16.4 Å². The maximum atomic E-state index is 11.3. The molecular weight excluding hydrogens is 518 g/mol. The molecule has 0 unspecified atom stereocenters. The molecule has 1 amide bonds. The lowest BCUT2D eigenvalue weighted by Gasteiger charge is -2.34. The molecular formula is C24H23N5O6S2. The zero-order valence-electron chi connectivity index (χ0n) is 20.1. The highest BCUT2D eigenvalue weighted by molar-refractivity contribution is 7.18. The summed E-state index contributed by atoms with van der Waals surface area (Å²) in [5.41, 5.74) is 1.54. The average Bonchev–Trinajstić information content (AvgIpc) is 3.70. The van der Waals surface area contributed by atoms with Gasteiger partial charge in [0.1, 0.15) is 34.4 Å². The van der Waals surface area contributed by atoms with E-state index in [-0.39, 0.29) is 6.61 Å². The van der Waals surface area contributed by atoms with Gasteiger partial charge in [-0.3, -0.25) is 4.79 Å². The number of nitrogens with zero attached hydrogens (tertiary/aromatic N) is 4. The molecule has 192 valence electrons. The summed E-state index contributed by atoms with van der Waals surface area (Å²) >= 11 is 2.86. The third kappa shape index (κ3) is 4.38. The van der Waals surface area contributed by atoms with Crippen LogP contribution in [0.5, 0.6) is 16.7 Å². The van der Waals surface area contributed by atoms with Gasteiger partial charge in [-0.1, -0.05) is 0 Å². The molecule has 5 aromatic rings. The number of ether oxygens (including phenoxy) is 4. The number of carbonyl (C=O) groups is 1. The van der Waals surface area contributed by atoms with Gasteiger partial charge in [0.2, 0.25) is 11.4 Å². The number of carbonyl (C=O) groups excluding carboxylic acids is 1. The molecule has 1 saturated heterocycles. The molecule has 1 fully saturated rings. The second-order valence-corrected chi connectivity index (χ2v) is 10.2. The second kappa shape index (κ2) is 9.65. The Kier molecular flexibility index (Phi) is 6.18. The number of rotatable bonds is 9. The zero-order valence-corrected chi connectivity index (χ0v) is 21.7. The molecule has 5 heterocycles. The van der Waals surface area contributed by atoms with Crippen LogP contribution in [0.1, 0.15) is 23.5 Å². The van der Waals surface area contributed by atoms with Crippen LogP contribution in [-0.2, 0) is 21.7 Å². The first kappa shape index (κ1) is 23.7. The summed E-state index contributed by atoms with van der Waals surface area (Å²) in [7, 11) is 3.17. The van der Waals surface area contributed by atoms with Crippen molar-refractivity contribution in [1.29, 1.82) is 0 Å². The summed E-state index contributed by atoms with van der Waals surface area (Å²) < 4.78 is 30.1. The fourth-order valence-corrected chi connectivity index (χ4v) is 6.05. The van der Waals surface area contributed by atoms with Crippen molar-refractivity contribution >= 4 is 45.0 Å². The fourth-order valence-electron chi connectivity index (χ4n) is 4.33. The molecule has 11 nitrogen and oxygen atoms in total. The van der Waals surface area contributed by atoms with Crippen LogP contribution in [0.4, 0.5) is 0 Å². The second-order valence-electron chi connectivity index (χ2n) is 8.46. The van der Waals surface area contributed by atoms with Gasteiger partial charge in [0, 0.05) is 43.6 Å². The van der Waals surface area contributed by atoms with Crippen molar-refractivity contribution in [1.82, 2.24) is 24.9 Å². The summed E-state index contributed by atoms with van der Waals surface area (Å²) in [6, 6.07) is 5.53. The number of hydrogen-bond acceptors (Lipinski definition) is 11. The molecule has 4 aromatic heterocycles. The lowest BCUT2D eigenvalue weighted by Crippen LogP contribution is -2.46. The van der Waals surface area contributed by atoms with Crippen LogP contribution in [-0.4, -0.2) is 53.4 Å². The lowest BCUT2D eigenvalue weighted by atomic mass is 9.91. The molecule has 6 rings (SSSR count). The molecule has 1 aliphatic rings. The van der Waals surface area contributed by atoms with Gasteiger partial charge in [0.05, 0.1) is 37.0 Å². The molecule has 0 atom stereocenters. The highest BCUT2D eigenvalue weighted by atomic mass is 32.1. The summed E-state index contributed by atoms with van der Waals surface area (Å²) in [5.74, 6) is 1.80. The highest BCUT2D eigenvalue weighted by Crippen LogP contribution is 2.38. The molecule has 0 bridgehead atoms. The number of benzene rings is 1. The molecule has 1 aromatic carbocycles. The maximum Gasteiger partial charge on any atom is 0.294 e. The van der Waals surface area contributed by atoms with Crippen molar-refractivity contribution in [3.63, 3.8) is 0 Å². The molecule has 0 spiro atoms. The summed E-state index contributed by atoms with van der Waals surface area (Å²) in [6.07, 6.45) is 3.90. The highest BCUT2D eigenvalue weighted by Gasteiger charge is 2.37. The Hall–Kier alpha value is -3.68. The Balaban J connectivity index is 1.27. The quantitative estimate of drug-likeness (QED) is 0.276. The maximum absolute atomic E-state index is 11.3. The van der Waals surface area contributed by atoms with E-state index in [1.54, 1.807) is 24.9 Å². The van der Waals surface area contributed by atoms with Crippen molar-refractivity contribution in [3.8, 4) is 28.1 Å². The number of furan rings is 1. The lowest BCUT2D eigenvalue weighted by molar-refractivity contribution is -0.112. The van der Waals surface area contributed by atoms with Gasteiger partial charge in [-0.25, -0.2) is 14.5 Å². The van der Waals surface area contributed by atoms with Crippen LogP contribution in [0.2, 0.25) is 0 Å². The predicted molar refractivity (Wildman–Crippen MR) is 137 cm³/mol. The SMILES string of the molecule is COc1cc(OCc2csc(C3(NC=O)CCOCC3)n2)c2cc(-c3cn4nc(OC)sc4n3)oc2c1. The summed E-state index contributed by atoms with van der Waals surface area (Å²) in [4.78, 5) is 21.4. The number of fused-ring (bicyclic) bond motifs is 2. The number of methoxy groups -OCH3 is 2. The van der Waals surface area contributed by atoms with Crippen LogP contribution in [0, 0.1) is 0 Å². The largest absolute Gasteiger partial charge is 0.496 e. The standard InChI is InChI=1S/C24H23N5O6S2/c1-31-15-7-18(34-11-14-12-36-21(26-14)24(25-13-30)3-5-33-6-4-24)16-9-20(35-19(16)8-15)17-10-29-22(27-17)37-23(28-29)32-2/h7-10,12-13H,3-6,11H2,1-2H3,(H,25,30). The number of amides is 1. The van der Waals surface area contributed by atoms with Gasteiger partial charge in [-0.2, -0.15) is 0 Å². The fraction of sp³-hybridized carbons (Fsp3) is 0.333. The summed E-state index contributed by atoms with van der Waals surface area (Å²) in [6.45, 7) is 1.40. The minimum Gasteiger partial charge on any atom is -0.496 e. The molecule has 0 aliphatic carbocycles. The third-order valence-electron chi connectivity index (χ3n) is 6.28. The predicted octanol–water partition coefficient (Wildman–Crippen LogP) is 4.01. The molecule has 0 saturated carbocycles. The smallest absolute Gasteiger partial charge is 0.294 e. The van der Waals surface area contributed by atoms with E-state index in [0.717, 1.165) is 22.5 Å². The van der Waals surface area contributed by atoms with Crippen LogP contribution >= 0.6 is 22.7 Å². The van der Waals surface area contributed by atoms with E-state index in [2.05, 4.69) is 15.4 Å². The van der Waals surface area contributed by atoms with Crippen molar-refractivity contribution < 1.29 is 28.2 Å². The third-order valence-corrected chi connectivity index (χ3v) is 8.26. The minimum atomic E-state index is -0.497. The Bertz CT molecular complexity index is 1530. The van der Waals surface area contributed by atoms with Crippen molar-refractivity contribution in [2.45, 2.75) is 25.0 Å². The number of hydrogen-bond donors (Lipinski definition) is 1. The van der Waals surface area contributed by atoms with E-state index in [4.69, 9.17) is 28.3 Å². The van der Waals surface area contributed by atoms with Crippen LogP contribution in [0.15, 0.2) is 34.2 Å². The molecule has 13 heteroatoms. The van der Waals surface area contributed by atoms with E-state index >= 15 is 0 Å². The van der Waals surface area contributed by atoms with Gasteiger partial charge in [0.25, 0.3) is 5.19 Å². The van der Waals surface area contributed by atoms with Crippen LogP contribution in [0.25, 0.3) is 27.4 Å². The Morgan fingerprint density at radius 3 is 2.81 bits per heavy atom. The van der Waals surface area contributed by atoms with E-state index in [1.807, 2.05) is 23.6 Å². The normalized spacial score (nSPS) is 15.2. The molecule has 37 heavy (non-hydrogen) atoms. The number of nitrogens with one attached hydrogen (secondary N) is 1. The van der Waals surface area contributed by atoms with Crippen molar-refractivity contribution in [2.24, 2.45) is 0 Å². The van der Waals surface area contributed by atoms with E-state index in [0.29, 0.717) is 64.7 Å². The van der Waals surface area contributed by atoms with Crippen molar-refractivity contribution in [3.05, 3.63) is 40.5 Å². The van der Waals surface area contributed by atoms with Crippen LogP contribution in [0.3, 0.4) is 0 Å². The summed E-state index contributed by atoms with van der Waals surface area (Å²) in [5, 5.41) is 11.4. The van der Waals surface area contributed by atoms with E-state index in [9.17, 15) is 4.79 Å².